The zero-order valence-corrected chi connectivity index (χ0v) is 15.8. The second kappa shape index (κ2) is 9.63. The Hall–Kier alpha value is -2.79. The summed E-state index contributed by atoms with van der Waals surface area (Å²) in [5, 5.41) is 2.94. The highest BCUT2D eigenvalue weighted by Crippen LogP contribution is 2.28. The molecule has 0 aliphatic heterocycles. The number of nitrogens with one attached hydrogen (secondary N) is 1. The number of ether oxygens (including phenoxy) is 2. The Kier molecular flexibility index (Phi) is 7.24. The number of methoxy groups -OCH3 is 1. The second-order valence-electron chi connectivity index (χ2n) is 6.06. The molecule has 2 aromatic carbocycles. The number of hydrogen-bond donors (Lipinski definition) is 1. The van der Waals surface area contributed by atoms with Crippen molar-refractivity contribution in [2.45, 2.75) is 13.5 Å². The summed E-state index contributed by atoms with van der Waals surface area (Å²) in [7, 11) is 5.60. The minimum Gasteiger partial charge on any atom is -0.493 e. The van der Waals surface area contributed by atoms with Gasteiger partial charge in [0.15, 0.2) is 11.5 Å². The van der Waals surface area contributed by atoms with E-state index < -0.39 is 0 Å². The molecule has 0 aliphatic rings. The van der Waals surface area contributed by atoms with E-state index in [1.807, 2.05) is 63.5 Å². The van der Waals surface area contributed by atoms with E-state index in [0.29, 0.717) is 18.1 Å². The zero-order valence-electron chi connectivity index (χ0n) is 15.8. The highest BCUT2D eigenvalue weighted by atomic mass is 16.5. The molecule has 0 bridgehead atoms. The molecule has 0 unspecified atom stereocenters. The third-order valence-electron chi connectivity index (χ3n) is 3.68. The summed E-state index contributed by atoms with van der Waals surface area (Å²) in [5.41, 5.74) is 2.76. The number of amides is 1. The van der Waals surface area contributed by atoms with Crippen LogP contribution >= 0.6 is 0 Å². The summed E-state index contributed by atoms with van der Waals surface area (Å²) >= 11 is 0. The molecule has 0 aliphatic carbocycles. The van der Waals surface area contributed by atoms with E-state index in [0.717, 1.165) is 23.4 Å². The van der Waals surface area contributed by atoms with Gasteiger partial charge in [0.25, 0.3) is 0 Å². The molecular weight excluding hydrogens is 328 g/mol. The fourth-order valence-corrected chi connectivity index (χ4v) is 2.53. The van der Waals surface area contributed by atoms with E-state index in [1.54, 1.807) is 13.2 Å². The number of hydrogen-bond acceptors (Lipinski definition) is 4. The molecule has 2 aromatic rings. The maximum absolute atomic E-state index is 12.3. The van der Waals surface area contributed by atoms with Crippen molar-refractivity contribution in [2.75, 3.05) is 33.1 Å². The molecule has 0 spiro atoms. The monoisotopic (exact) mass is 354 g/mol. The van der Waals surface area contributed by atoms with Crippen molar-refractivity contribution in [3.63, 3.8) is 0 Å². The second-order valence-corrected chi connectivity index (χ2v) is 6.06. The van der Waals surface area contributed by atoms with Crippen LogP contribution in [-0.2, 0) is 11.3 Å². The van der Waals surface area contributed by atoms with Gasteiger partial charge in [0.2, 0.25) is 5.91 Å². The predicted octanol–water partition coefficient (Wildman–Crippen LogP) is 3.81. The number of carbonyl (C=O) groups excluding carboxylic acids is 1. The van der Waals surface area contributed by atoms with Crippen LogP contribution in [0.3, 0.4) is 0 Å². The normalized spacial score (nSPS) is 11.0. The molecule has 0 heterocycles. The Bertz CT molecular complexity index is 770. The summed E-state index contributed by atoms with van der Waals surface area (Å²) in [6.45, 7) is 3.23. The number of benzene rings is 2. The maximum atomic E-state index is 12.3. The fourth-order valence-electron chi connectivity index (χ4n) is 2.53. The number of rotatable bonds is 8. The van der Waals surface area contributed by atoms with Crippen LogP contribution in [0.15, 0.2) is 48.5 Å². The van der Waals surface area contributed by atoms with Gasteiger partial charge in [-0.25, -0.2) is 0 Å². The lowest BCUT2D eigenvalue weighted by molar-refractivity contribution is -0.111. The van der Waals surface area contributed by atoms with E-state index in [-0.39, 0.29) is 5.91 Å². The third-order valence-corrected chi connectivity index (χ3v) is 3.68. The van der Waals surface area contributed by atoms with Gasteiger partial charge in [0.05, 0.1) is 13.7 Å². The maximum Gasteiger partial charge on any atom is 0.248 e. The van der Waals surface area contributed by atoms with Crippen molar-refractivity contribution >= 4 is 17.7 Å². The molecule has 0 atom stereocenters. The molecule has 0 aromatic heterocycles. The highest BCUT2D eigenvalue weighted by Gasteiger charge is 2.06. The smallest absolute Gasteiger partial charge is 0.248 e. The van der Waals surface area contributed by atoms with Crippen molar-refractivity contribution in [1.82, 2.24) is 4.90 Å². The quantitative estimate of drug-likeness (QED) is 0.733. The number of anilines is 1. The summed E-state index contributed by atoms with van der Waals surface area (Å²) < 4.78 is 10.8. The lowest BCUT2D eigenvalue weighted by Gasteiger charge is -2.14. The van der Waals surface area contributed by atoms with Crippen LogP contribution in [0.5, 0.6) is 11.5 Å². The average molecular weight is 354 g/mol. The van der Waals surface area contributed by atoms with Gasteiger partial charge >= 0.3 is 0 Å². The first kappa shape index (κ1) is 19.5. The molecular formula is C21H26N2O3. The summed E-state index contributed by atoms with van der Waals surface area (Å²) in [6.07, 6.45) is 3.27. The van der Waals surface area contributed by atoms with Gasteiger partial charge in [-0.2, -0.15) is 0 Å². The molecule has 2 rings (SSSR count). The zero-order chi connectivity index (χ0) is 18.9. The molecule has 5 nitrogen and oxygen atoms in total. The third kappa shape index (κ3) is 5.63. The Balaban J connectivity index is 2.09. The summed E-state index contributed by atoms with van der Waals surface area (Å²) in [5.74, 6) is 1.16. The minimum absolute atomic E-state index is 0.176. The summed E-state index contributed by atoms with van der Waals surface area (Å²) in [4.78, 5) is 14.4. The van der Waals surface area contributed by atoms with Gasteiger partial charge in [-0.1, -0.05) is 24.3 Å². The lowest BCUT2D eigenvalue weighted by atomic mass is 10.1. The molecule has 0 saturated carbocycles. The Labute approximate surface area is 155 Å². The van der Waals surface area contributed by atoms with Crippen molar-refractivity contribution in [3.05, 3.63) is 59.7 Å². The number of para-hydroxylation sites is 1. The molecule has 1 amide bonds. The molecule has 0 radical (unpaired) electrons. The Morgan fingerprint density at radius 2 is 1.92 bits per heavy atom. The van der Waals surface area contributed by atoms with E-state index >= 15 is 0 Å². The van der Waals surface area contributed by atoms with Gasteiger partial charge in [0.1, 0.15) is 0 Å². The SMILES string of the molecule is CCOc1cc(/C=C/C(=O)Nc2ccccc2CN(C)C)ccc1OC. The topological polar surface area (TPSA) is 50.8 Å². The van der Waals surface area contributed by atoms with Crippen LogP contribution in [0.1, 0.15) is 18.1 Å². The molecule has 26 heavy (non-hydrogen) atoms. The van der Waals surface area contributed by atoms with Crippen LogP contribution in [-0.4, -0.2) is 38.6 Å². The molecule has 5 heteroatoms. The predicted molar refractivity (Wildman–Crippen MR) is 106 cm³/mol. The summed E-state index contributed by atoms with van der Waals surface area (Å²) in [6, 6.07) is 13.4. The fraction of sp³-hybridized carbons (Fsp3) is 0.286. The standard InChI is InChI=1S/C21H26N2O3/c1-5-26-20-14-16(10-12-19(20)25-4)11-13-21(24)22-18-9-7-6-8-17(18)15-23(2)3/h6-14H,5,15H2,1-4H3,(H,22,24)/b13-11+. The molecule has 1 N–H and O–H groups in total. The average Bonchev–Trinajstić information content (AvgIpc) is 2.62. The molecule has 0 saturated heterocycles. The van der Waals surface area contributed by atoms with Crippen LogP contribution in [0.25, 0.3) is 6.08 Å². The van der Waals surface area contributed by atoms with Crippen LogP contribution in [0.2, 0.25) is 0 Å². The van der Waals surface area contributed by atoms with Crippen molar-refractivity contribution in [2.24, 2.45) is 0 Å². The lowest BCUT2D eigenvalue weighted by Crippen LogP contribution is -2.15. The van der Waals surface area contributed by atoms with E-state index in [1.165, 1.54) is 6.08 Å². The minimum atomic E-state index is -0.176. The van der Waals surface area contributed by atoms with Crippen molar-refractivity contribution < 1.29 is 14.3 Å². The highest BCUT2D eigenvalue weighted by molar-refractivity contribution is 6.02. The number of nitrogens with zero attached hydrogens (tertiary/aromatic N) is 1. The van der Waals surface area contributed by atoms with Crippen LogP contribution in [0.4, 0.5) is 5.69 Å². The first-order valence-corrected chi connectivity index (χ1v) is 8.56. The van der Waals surface area contributed by atoms with Gasteiger partial charge in [-0.15, -0.1) is 0 Å². The van der Waals surface area contributed by atoms with Crippen molar-refractivity contribution in [1.29, 1.82) is 0 Å². The largest absolute Gasteiger partial charge is 0.493 e. The van der Waals surface area contributed by atoms with Gasteiger partial charge in [-0.3, -0.25) is 4.79 Å². The first-order chi connectivity index (χ1) is 12.5. The van der Waals surface area contributed by atoms with E-state index in [4.69, 9.17) is 9.47 Å². The van der Waals surface area contributed by atoms with Crippen LogP contribution in [0, 0.1) is 0 Å². The van der Waals surface area contributed by atoms with Crippen LogP contribution < -0.4 is 14.8 Å². The van der Waals surface area contributed by atoms with Gasteiger partial charge in [-0.05, 0) is 56.4 Å². The van der Waals surface area contributed by atoms with E-state index in [9.17, 15) is 4.79 Å². The first-order valence-electron chi connectivity index (χ1n) is 8.56. The Morgan fingerprint density at radius 3 is 2.62 bits per heavy atom. The van der Waals surface area contributed by atoms with Crippen molar-refractivity contribution in [3.8, 4) is 11.5 Å². The van der Waals surface area contributed by atoms with Gasteiger partial charge in [0, 0.05) is 18.3 Å². The van der Waals surface area contributed by atoms with E-state index in [2.05, 4.69) is 10.2 Å². The van der Waals surface area contributed by atoms with Gasteiger partial charge < -0.3 is 19.7 Å². The molecule has 0 fully saturated rings. The molecule has 138 valence electrons. The number of carbonyl (C=O) groups is 1. The Morgan fingerprint density at radius 1 is 1.15 bits per heavy atom.